The van der Waals surface area contributed by atoms with Gasteiger partial charge in [0.2, 0.25) is 5.91 Å². The van der Waals surface area contributed by atoms with E-state index in [9.17, 15) is 13.6 Å². The Morgan fingerprint density at radius 3 is 2.48 bits per heavy atom. The van der Waals surface area contributed by atoms with Crippen molar-refractivity contribution in [2.45, 2.75) is 23.8 Å². The maximum Gasteiger partial charge on any atom is 0.237 e. The quantitative estimate of drug-likeness (QED) is 0.383. The van der Waals surface area contributed by atoms with E-state index in [0.717, 1.165) is 28.5 Å². The molecule has 1 N–H and O–H groups in total. The van der Waals surface area contributed by atoms with Gasteiger partial charge in [0.05, 0.1) is 5.25 Å². The van der Waals surface area contributed by atoms with Gasteiger partial charge in [-0.2, -0.15) is 0 Å². The second-order valence-corrected chi connectivity index (χ2v) is 9.01. The number of carbonyl (C=O) groups is 1. The van der Waals surface area contributed by atoms with Crippen LogP contribution in [0.3, 0.4) is 0 Å². The van der Waals surface area contributed by atoms with Crippen LogP contribution >= 0.6 is 23.1 Å². The lowest BCUT2D eigenvalue weighted by Crippen LogP contribution is -2.24. The van der Waals surface area contributed by atoms with Crippen LogP contribution in [0.25, 0.3) is 5.69 Å². The summed E-state index contributed by atoms with van der Waals surface area (Å²) in [4.78, 5) is 13.8. The van der Waals surface area contributed by atoms with Crippen molar-refractivity contribution in [3.63, 3.8) is 0 Å². The highest BCUT2D eigenvalue weighted by molar-refractivity contribution is 8.00. The molecule has 0 spiro atoms. The van der Waals surface area contributed by atoms with Gasteiger partial charge in [0.1, 0.15) is 23.1 Å². The molecule has 0 fully saturated rings. The number of amides is 1. The van der Waals surface area contributed by atoms with Gasteiger partial charge in [0.25, 0.3) is 0 Å². The molecule has 2 aromatic carbocycles. The third-order valence-electron chi connectivity index (χ3n) is 4.49. The first kappa shape index (κ1) is 21.2. The van der Waals surface area contributed by atoms with Crippen molar-refractivity contribution in [1.82, 2.24) is 14.8 Å². The Balaban J connectivity index is 1.59. The van der Waals surface area contributed by atoms with Crippen LogP contribution < -0.4 is 5.32 Å². The van der Waals surface area contributed by atoms with E-state index in [2.05, 4.69) is 15.5 Å². The summed E-state index contributed by atoms with van der Waals surface area (Å²) in [5.41, 5.74) is 0.414. The molecule has 5 nitrogen and oxygen atoms in total. The number of nitrogens with zero attached hydrogens (tertiary/aromatic N) is 3. The summed E-state index contributed by atoms with van der Waals surface area (Å²) < 4.78 is 29.7. The van der Waals surface area contributed by atoms with Gasteiger partial charge >= 0.3 is 0 Å². The smallest absolute Gasteiger partial charge is 0.237 e. The SMILES string of the molecule is CC(Sc1nnc(Cc2cccs2)n1-c1ccccc1)C(=O)Nc1c(F)cccc1F. The Morgan fingerprint density at radius 2 is 1.81 bits per heavy atom. The van der Waals surface area contributed by atoms with Crippen molar-refractivity contribution in [2.75, 3.05) is 5.32 Å². The highest BCUT2D eigenvalue weighted by Gasteiger charge is 2.23. The zero-order valence-electron chi connectivity index (χ0n) is 16.5. The number of thioether (sulfide) groups is 1. The summed E-state index contributed by atoms with van der Waals surface area (Å²) in [6, 6.07) is 17.1. The van der Waals surface area contributed by atoms with Crippen molar-refractivity contribution in [1.29, 1.82) is 0 Å². The second kappa shape index (κ2) is 9.40. The molecule has 31 heavy (non-hydrogen) atoms. The molecule has 2 heterocycles. The molecule has 4 aromatic rings. The lowest BCUT2D eigenvalue weighted by molar-refractivity contribution is -0.115. The molecule has 1 unspecified atom stereocenters. The summed E-state index contributed by atoms with van der Waals surface area (Å²) in [6.45, 7) is 1.65. The van der Waals surface area contributed by atoms with Gasteiger partial charge in [0.15, 0.2) is 5.16 Å². The number of rotatable bonds is 7. The molecular formula is C22H18F2N4OS2. The summed E-state index contributed by atoms with van der Waals surface area (Å²) in [7, 11) is 0. The summed E-state index contributed by atoms with van der Waals surface area (Å²) >= 11 is 2.80. The first-order valence-corrected chi connectivity index (χ1v) is 11.2. The Kier molecular flexibility index (Phi) is 6.43. The zero-order valence-corrected chi connectivity index (χ0v) is 18.1. The average Bonchev–Trinajstić information content (AvgIpc) is 3.42. The third-order valence-corrected chi connectivity index (χ3v) is 6.41. The molecule has 0 bridgehead atoms. The molecule has 0 aliphatic heterocycles. The Hall–Kier alpha value is -3.04. The molecular weight excluding hydrogens is 438 g/mol. The summed E-state index contributed by atoms with van der Waals surface area (Å²) in [5, 5.41) is 12.8. The molecule has 1 amide bonds. The number of hydrogen-bond acceptors (Lipinski definition) is 5. The Morgan fingerprint density at radius 1 is 1.06 bits per heavy atom. The van der Waals surface area contributed by atoms with E-state index >= 15 is 0 Å². The summed E-state index contributed by atoms with van der Waals surface area (Å²) in [5.74, 6) is -1.44. The first-order valence-electron chi connectivity index (χ1n) is 9.46. The van der Waals surface area contributed by atoms with Crippen LogP contribution in [0.15, 0.2) is 71.2 Å². The van der Waals surface area contributed by atoms with Gasteiger partial charge in [0, 0.05) is 17.0 Å². The predicted octanol–water partition coefficient (Wildman–Crippen LogP) is 5.32. The molecule has 0 aliphatic rings. The molecule has 4 rings (SSSR count). The van der Waals surface area contributed by atoms with Crippen molar-refractivity contribution >= 4 is 34.7 Å². The highest BCUT2D eigenvalue weighted by Crippen LogP contribution is 2.28. The topological polar surface area (TPSA) is 59.8 Å². The number of halogens is 2. The van der Waals surface area contributed by atoms with E-state index in [0.29, 0.717) is 11.6 Å². The van der Waals surface area contributed by atoms with Gasteiger partial charge in [-0.15, -0.1) is 21.5 Å². The van der Waals surface area contributed by atoms with E-state index in [1.807, 2.05) is 52.4 Å². The number of thiophene rings is 1. The maximum atomic E-state index is 13.9. The standard InChI is InChI=1S/C22H18F2N4OS2/c1-14(21(29)25-20-17(23)10-5-11-18(20)24)31-22-27-26-19(13-16-9-6-12-30-16)28(22)15-7-3-2-4-8-15/h2-12,14H,13H2,1H3,(H,25,29). The number of hydrogen-bond donors (Lipinski definition) is 1. The van der Waals surface area contributed by atoms with Gasteiger partial charge in [-0.3, -0.25) is 9.36 Å². The predicted molar refractivity (Wildman–Crippen MR) is 119 cm³/mol. The molecule has 158 valence electrons. The monoisotopic (exact) mass is 456 g/mol. The molecule has 1 atom stereocenters. The van der Waals surface area contributed by atoms with Crippen LogP contribution in [0.2, 0.25) is 0 Å². The molecule has 2 aromatic heterocycles. The highest BCUT2D eigenvalue weighted by atomic mass is 32.2. The van der Waals surface area contributed by atoms with Crippen LogP contribution in [0, 0.1) is 11.6 Å². The van der Waals surface area contributed by atoms with Crippen molar-refractivity contribution < 1.29 is 13.6 Å². The number of para-hydroxylation sites is 2. The van der Waals surface area contributed by atoms with E-state index in [-0.39, 0.29) is 0 Å². The van der Waals surface area contributed by atoms with Crippen molar-refractivity contribution in [2.24, 2.45) is 0 Å². The van der Waals surface area contributed by atoms with E-state index in [1.165, 1.54) is 17.8 Å². The molecule has 9 heteroatoms. The van der Waals surface area contributed by atoms with E-state index < -0.39 is 28.5 Å². The lowest BCUT2D eigenvalue weighted by Gasteiger charge is -2.14. The van der Waals surface area contributed by atoms with Gasteiger partial charge < -0.3 is 5.32 Å². The molecule has 0 aliphatic carbocycles. The summed E-state index contributed by atoms with van der Waals surface area (Å²) in [6.07, 6.45) is 0.598. The van der Waals surface area contributed by atoms with Crippen LogP contribution in [0.5, 0.6) is 0 Å². The molecule has 0 saturated carbocycles. The molecule has 0 saturated heterocycles. The van der Waals surface area contributed by atoms with Gasteiger partial charge in [-0.05, 0) is 42.6 Å². The minimum absolute atomic E-state index is 0.456. The van der Waals surface area contributed by atoms with Gasteiger partial charge in [-0.1, -0.05) is 42.1 Å². The van der Waals surface area contributed by atoms with Crippen LogP contribution in [0.1, 0.15) is 17.6 Å². The molecule has 0 radical (unpaired) electrons. The average molecular weight is 457 g/mol. The van der Waals surface area contributed by atoms with Crippen LogP contribution in [-0.2, 0) is 11.2 Å². The Bertz CT molecular complexity index is 1160. The van der Waals surface area contributed by atoms with Crippen LogP contribution in [0.4, 0.5) is 14.5 Å². The zero-order chi connectivity index (χ0) is 21.8. The minimum Gasteiger partial charge on any atom is -0.320 e. The fraction of sp³-hybridized carbons (Fsp3) is 0.136. The normalized spacial score (nSPS) is 12.0. The van der Waals surface area contributed by atoms with E-state index in [1.54, 1.807) is 18.3 Å². The van der Waals surface area contributed by atoms with Crippen molar-refractivity contribution in [3.8, 4) is 5.69 Å². The fourth-order valence-corrected chi connectivity index (χ4v) is 4.54. The fourth-order valence-electron chi connectivity index (χ4n) is 2.95. The first-order chi connectivity index (χ1) is 15.0. The third kappa shape index (κ3) is 4.83. The maximum absolute atomic E-state index is 13.9. The van der Waals surface area contributed by atoms with Crippen molar-refractivity contribution in [3.05, 3.63) is 88.4 Å². The minimum atomic E-state index is -0.823. The number of aromatic nitrogens is 3. The lowest BCUT2D eigenvalue weighted by atomic mass is 10.3. The number of benzene rings is 2. The number of anilines is 1. The second-order valence-electron chi connectivity index (χ2n) is 6.67. The number of carbonyl (C=O) groups excluding carboxylic acids is 1. The van der Waals surface area contributed by atoms with E-state index in [4.69, 9.17) is 0 Å². The largest absolute Gasteiger partial charge is 0.320 e. The van der Waals surface area contributed by atoms with Gasteiger partial charge in [-0.25, -0.2) is 8.78 Å². The Labute approximate surface area is 186 Å². The number of nitrogens with one attached hydrogen (secondary N) is 1. The van der Waals surface area contributed by atoms with Crippen LogP contribution in [-0.4, -0.2) is 25.9 Å².